The van der Waals surface area contributed by atoms with Crippen LogP contribution in [-0.2, 0) is 16.1 Å². The summed E-state index contributed by atoms with van der Waals surface area (Å²) in [5, 5.41) is 3.63. The lowest BCUT2D eigenvalue weighted by Crippen LogP contribution is -2.05. The second-order valence-corrected chi connectivity index (χ2v) is 5.15. The van der Waals surface area contributed by atoms with Gasteiger partial charge in [0.05, 0.1) is 18.2 Å². The van der Waals surface area contributed by atoms with E-state index in [1.165, 1.54) is 0 Å². The number of rotatable bonds is 6. The molecule has 0 aliphatic rings. The number of nitrogens with zero attached hydrogens (tertiary/aromatic N) is 1. The maximum atomic E-state index is 11.6. The Hall–Kier alpha value is -1.75. The van der Waals surface area contributed by atoms with Gasteiger partial charge in [-0.05, 0) is 19.1 Å². The SMILES string of the molecule is Cc1oncc1COC(=O)CCSc1ccccc1. The summed E-state index contributed by atoms with van der Waals surface area (Å²) in [4.78, 5) is 12.7. The van der Waals surface area contributed by atoms with Crippen LogP contribution in [0.1, 0.15) is 17.7 Å². The van der Waals surface area contributed by atoms with Crippen molar-refractivity contribution in [2.24, 2.45) is 0 Å². The molecule has 0 saturated carbocycles. The zero-order chi connectivity index (χ0) is 13.5. The van der Waals surface area contributed by atoms with Crippen molar-refractivity contribution in [3.8, 4) is 0 Å². The second-order valence-electron chi connectivity index (χ2n) is 3.98. The molecule has 0 fully saturated rings. The van der Waals surface area contributed by atoms with E-state index in [0.29, 0.717) is 17.9 Å². The maximum Gasteiger partial charge on any atom is 0.306 e. The van der Waals surface area contributed by atoms with Gasteiger partial charge in [0.15, 0.2) is 0 Å². The number of ether oxygens (including phenoxy) is 1. The molecule has 0 aliphatic carbocycles. The van der Waals surface area contributed by atoms with Crippen LogP contribution in [0.25, 0.3) is 0 Å². The smallest absolute Gasteiger partial charge is 0.306 e. The van der Waals surface area contributed by atoms with E-state index in [1.807, 2.05) is 30.3 Å². The Morgan fingerprint density at radius 3 is 2.84 bits per heavy atom. The third-order valence-electron chi connectivity index (χ3n) is 2.56. The number of aryl methyl sites for hydroxylation is 1. The second kappa shape index (κ2) is 6.99. The van der Waals surface area contributed by atoms with Crippen molar-refractivity contribution in [2.75, 3.05) is 5.75 Å². The van der Waals surface area contributed by atoms with Crippen LogP contribution in [0.15, 0.2) is 45.9 Å². The maximum absolute atomic E-state index is 11.6. The molecule has 5 heteroatoms. The summed E-state index contributed by atoms with van der Waals surface area (Å²) in [6, 6.07) is 9.98. The van der Waals surface area contributed by atoms with E-state index >= 15 is 0 Å². The summed E-state index contributed by atoms with van der Waals surface area (Å²) in [6.45, 7) is 2.02. The number of carbonyl (C=O) groups excluding carboxylic acids is 1. The first kappa shape index (κ1) is 13.7. The molecule has 0 unspecified atom stereocenters. The number of benzene rings is 1. The minimum atomic E-state index is -0.205. The number of thioether (sulfide) groups is 1. The number of carbonyl (C=O) groups is 1. The summed E-state index contributed by atoms with van der Waals surface area (Å²) >= 11 is 1.64. The third-order valence-corrected chi connectivity index (χ3v) is 3.57. The van der Waals surface area contributed by atoms with Crippen molar-refractivity contribution in [1.82, 2.24) is 5.16 Å². The van der Waals surface area contributed by atoms with Crippen LogP contribution in [0.5, 0.6) is 0 Å². The zero-order valence-corrected chi connectivity index (χ0v) is 11.5. The lowest BCUT2D eigenvalue weighted by Gasteiger charge is -2.03. The summed E-state index contributed by atoms with van der Waals surface area (Å²) in [5.74, 6) is 1.20. The normalized spacial score (nSPS) is 10.4. The minimum Gasteiger partial charge on any atom is -0.461 e. The molecule has 1 heterocycles. The first-order valence-electron chi connectivity index (χ1n) is 5.99. The third kappa shape index (κ3) is 4.44. The fourth-order valence-corrected chi connectivity index (χ4v) is 2.31. The number of hydrogen-bond acceptors (Lipinski definition) is 5. The summed E-state index contributed by atoms with van der Waals surface area (Å²) in [5.41, 5.74) is 0.809. The van der Waals surface area contributed by atoms with Gasteiger partial charge in [-0.3, -0.25) is 4.79 Å². The van der Waals surface area contributed by atoms with Crippen LogP contribution in [0.4, 0.5) is 0 Å². The topological polar surface area (TPSA) is 52.3 Å². The highest BCUT2D eigenvalue weighted by atomic mass is 32.2. The monoisotopic (exact) mass is 277 g/mol. The Morgan fingerprint density at radius 1 is 1.37 bits per heavy atom. The fraction of sp³-hybridized carbons (Fsp3) is 0.286. The molecule has 1 aromatic carbocycles. The Balaban J connectivity index is 1.66. The van der Waals surface area contributed by atoms with E-state index in [-0.39, 0.29) is 12.6 Å². The fourth-order valence-electron chi connectivity index (χ4n) is 1.46. The molecule has 2 aromatic rings. The van der Waals surface area contributed by atoms with Gasteiger partial charge in [-0.2, -0.15) is 0 Å². The summed E-state index contributed by atoms with van der Waals surface area (Å²) in [7, 11) is 0. The van der Waals surface area contributed by atoms with Crippen LogP contribution < -0.4 is 0 Å². The van der Waals surface area contributed by atoms with E-state index < -0.39 is 0 Å². The first-order chi connectivity index (χ1) is 9.25. The molecule has 1 aromatic heterocycles. The van der Waals surface area contributed by atoms with E-state index in [2.05, 4.69) is 5.16 Å². The van der Waals surface area contributed by atoms with Crippen molar-refractivity contribution in [3.63, 3.8) is 0 Å². The van der Waals surface area contributed by atoms with Gasteiger partial charge in [0.2, 0.25) is 0 Å². The number of esters is 1. The van der Waals surface area contributed by atoms with Gasteiger partial charge < -0.3 is 9.26 Å². The lowest BCUT2D eigenvalue weighted by atomic mass is 10.3. The van der Waals surface area contributed by atoms with Crippen molar-refractivity contribution < 1.29 is 14.1 Å². The molecule has 19 heavy (non-hydrogen) atoms. The minimum absolute atomic E-state index is 0.205. The van der Waals surface area contributed by atoms with Crippen molar-refractivity contribution in [1.29, 1.82) is 0 Å². The molecule has 4 nitrogen and oxygen atoms in total. The van der Waals surface area contributed by atoms with Gasteiger partial charge in [-0.1, -0.05) is 23.4 Å². The standard InChI is InChI=1S/C14H15NO3S/c1-11-12(9-15-18-11)10-17-14(16)7-8-19-13-5-3-2-4-6-13/h2-6,9H,7-8,10H2,1H3. The van der Waals surface area contributed by atoms with Crippen LogP contribution in [0.2, 0.25) is 0 Å². The molecule has 100 valence electrons. The van der Waals surface area contributed by atoms with Crippen molar-refractivity contribution in [3.05, 3.63) is 47.9 Å². The molecule has 0 aliphatic heterocycles. The molecule has 0 amide bonds. The molecular formula is C14H15NO3S. The molecule has 0 saturated heterocycles. The molecule has 0 spiro atoms. The van der Waals surface area contributed by atoms with E-state index in [1.54, 1.807) is 24.9 Å². The quantitative estimate of drug-likeness (QED) is 0.599. The van der Waals surface area contributed by atoms with Crippen molar-refractivity contribution >= 4 is 17.7 Å². The van der Waals surface area contributed by atoms with Crippen LogP contribution in [-0.4, -0.2) is 16.9 Å². The van der Waals surface area contributed by atoms with Gasteiger partial charge in [0, 0.05) is 10.6 Å². The number of aromatic nitrogens is 1. The highest BCUT2D eigenvalue weighted by Gasteiger charge is 2.07. The Kier molecular flexibility index (Phi) is 5.03. The van der Waals surface area contributed by atoms with Gasteiger partial charge >= 0.3 is 5.97 Å². The average molecular weight is 277 g/mol. The van der Waals surface area contributed by atoms with E-state index in [4.69, 9.17) is 9.26 Å². The summed E-state index contributed by atoms with van der Waals surface area (Å²) in [6.07, 6.45) is 1.96. The predicted molar refractivity (Wildman–Crippen MR) is 72.8 cm³/mol. The Bertz CT molecular complexity index is 524. The first-order valence-corrected chi connectivity index (χ1v) is 6.98. The highest BCUT2D eigenvalue weighted by Crippen LogP contribution is 2.18. The van der Waals surface area contributed by atoms with Crippen LogP contribution in [0, 0.1) is 6.92 Å². The molecule has 0 N–H and O–H groups in total. The molecule has 0 radical (unpaired) electrons. The zero-order valence-electron chi connectivity index (χ0n) is 10.7. The van der Waals surface area contributed by atoms with Crippen LogP contribution in [0.3, 0.4) is 0 Å². The molecule has 0 atom stereocenters. The predicted octanol–water partition coefficient (Wildman–Crippen LogP) is 3.21. The van der Waals surface area contributed by atoms with E-state index in [0.717, 1.165) is 10.5 Å². The van der Waals surface area contributed by atoms with Gasteiger partial charge in [-0.15, -0.1) is 11.8 Å². The average Bonchev–Trinajstić information content (AvgIpc) is 2.83. The molecular weight excluding hydrogens is 262 g/mol. The largest absolute Gasteiger partial charge is 0.461 e. The van der Waals surface area contributed by atoms with Gasteiger partial charge in [0.1, 0.15) is 12.4 Å². The molecule has 2 rings (SSSR count). The highest BCUT2D eigenvalue weighted by molar-refractivity contribution is 7.99. The summed E-state index contributed by atoms with van der Waals surface area (Å²) < 4.78 is 10.0. The molecule has 0 bridgehead atoms. The van der Waals surface area contributed by atoms with E-state index in [9.17, 15) is 4.79 Å². The van der Waals surface area contributed by atoms with Gasteiger partial charge in [0.25, 0.3) is 0 Å². The Morgan fingerprint density at radius 2 is 2.16 bits per heavy atom. The number of hydrogen-bond donors (Lipinski definition) is 0. The van der Waals surface area contributed by atoms with Gasteiger partial charge in [-0.25, -0.2) is 0 Å². The lowest BCUT2D eigenvalue weighted by molar-refractivity contribution is -0.144. The van der Waals surface area contributed by atoms with Crippen molar-refractivity contribution in [2.45, 2.75) is 24.8 Å². The Labute approximate surface area is 116 Å². The van der Waals surface area contributed by atoms with Crippen LogP contribution >= 0.6 is 11.8 Å².